The molecule has 0 bridgehead atoms. The molecule has 0 amide bonds. The lowest BCUT2D eigenvalue weighted by Gasteiger charge is -2.16. The van der Waals surface area contributed by atoms with Gasteiger partial charge in [-0.1, -0.05) is 6.92 Å². The van der Waals surface area contributed by atoms with Gasteiger partial charge in [0.2, 0.25) is 0 Å². The Morgan fingerprint density at radius 2 is 2.12 bits per heavy atom. The lowest BCUT2D eigenvalue weighted by molar-refractivity contribution is 0.196. The highest BCUT2D eigenvalue weighted by molar-refractivity contribution is 5.55. The highest BCUT2D eigenvalue weighted by atomic mass is 16.5. The summed E-state index contributed by atoms with van der Waals surface area (Å²) in [5, 5.41) is 12.1. The van der Waals surface area contributed by atoms with Gasteiger partial charge in [0.1, 0.15) is 6.61 Å². The summed E-state index contributed by atoms with van der Waals surface area (Å²) in [6, 6.07) is 6.11. The predicted molar refractivity (Wildman–Crippen MR) is 69.0 cm³/mol. The van der Waals surface area contributed by atoms with Gasteiger partial charge in [0, 0.05) is 17.8 Å². The van der Waals surface area contributed by atoms with E-state index in [-0.39, 0.29) is 13.2 Å². The Morgan fingerprint density at radius 1 is 1.35 bits per heavy atom. The van der Waals surface area contributed by atoms with E-state index in [2.05, 4.69) is 19.2 Å². The summed E-state index contributed by atoms with van der Waals surface area (Å²) in [4.78, 5) is 0. The third-order valence-electron chi connectivity index (χ3n) is 2.54. The number of anilines is 1. The number of hydrogen-bond acceptors (Lipinski definition) is 4. The average Bonchev–Trinajstić information content (AvgIpc) is 2.36. The van der Waals surface area contributed by atoms with Crippen molar-refractivity contribution in [2.24, 2.45) is 0 Å². The molecule has 1 aromatic carbocycles. The van der Waals surface area contributed by atoms with E-state index >= 15 is 0 Å². The molecule has 17 heavy (non-hydrogen) atoms. The van der Waals surface area contributed by atoms with Crippen LogP contribution >= 0.6 is 0 Å². The van der Waals surface area contributed by atoms with Crippen LogP contribution in [-0.2, 0) is 0 Å². The van der Waals surface area contributed by atoms with Gasteiger partial charge in [-0.2, -0.15) is 0 Å². The molecule has 0 aliphatic rings. The van der Waals surface area contributed by atoms with Crippen LogP contribution in [0.15, 0.2) is 18.2 Å². The fraction of sp³-hybridized carbons (Fsp3) is 0.538. The number of nitrogens with one attached hydrogen (secondary N) is 1. The van der Waals surface area contributed by atoms with E-state index in [0.717, 1.165) is 12.1 Å². The molecule has 96 valence electrons. The Bertz CT molecular complexity index is 341. The summed E-state index contributed by atoms with van der Waals surface area (Å²) < 4.78 is 10.6. The Morgan fingerprint density at radius 3 is 2.71 bits per heavy atom. The van der Waals surface area contributed by atoms with E-state index in [1.54, 1.807) is 7.11 Å². The topological polar surface area (TPSA) is 50.7 Å². The first kappa shape index (κ1) is 13.6. The van der Waals surface area contributed by atoms with E-state index in [1.807, 2.05) is 18.2 Å². The molecule has 0 saturated heterocycles. The van der Waals surface area contributed by atoms with Crippen molar-refractivity contribution in [3.63, 3.8) is 0 Å². The molecule has 0 aliphatic carbocycles. The zero-order chi connectivity index (χ0) is 12.7. The zero-order valence-electron chi connectivity index (χ0n) is 10.7. The molecule has 4 heteroatoms. The predicted octanol–water partition coefficient (Wildman–Crippen LogP) is 2.28. The van der Waals surface area contributed by atoms with Crippen molar-refractivity contribution in [3.05, 3.63) is 18.2 Å². The fourth-order valence-electron chi connectivity index (χ4n) is 1.42. The van der Waals surface area contributed by atoms with Crippen molar-refractivity contribution < 1.29 is 14.6 Å². The molecule has 1 aromatic rings. The van der Waals surface area contributed by atoms with Gasteiger partial charge in [0.25, 0.3) is 0 Å². The Kier molecular flexibility index (Phi) is 5.63. The van der Waals surface area contributed by atoms with Crippen molar-refractivity contribution in [2.75, 3.05) is 25.6 Å². The number of rotatable bonds is 7. The number of benzene rings is 1. The minimum absolute atomic E-state index is 0.00776. The zero-order valence-corrected chi connectivity index (χ0v) is 10.7. The second-order valence-electron chi connectivity index (χ2n) is 3.89. The van der Waals surface area contributed by atoms with Crippen LogP contribution < -0.4 is 14.8 Å². The molecule has 0 aliphatic heterocycles. The SMILES string of the molecule is CCC(C)Nc1ccc(OC)c(OCCO)c1. The first-order chi connectivity index (χ1) is 8.21. The van der Waals surface area contributed by atoms with Gasteiger partial charge in [-0.15, -0.1) is 0 Å². The van der Waals surface area contributed by atoms with E-state index in [4.69, 9.17) is 14.6 Å². The van der Waals surface area contributed by atoms with Crippen LogP contribution in [0.2, 0.25) is 0 Å². The van der Waals surface area contributed by atoms with E-state index in [1.165, 1.54) is 0 Å². The maximum Gasteiger partial charge on any atom is 0.163 e. The van der Waals surface area contributed by atoms with Crippen molar-refractivity contribution in [2.45, 2.75) is 26.3 Å². The van der Waals surface area contributed by atoms with Gasteiger partial charge in [0.05, 0.1) is 13.7 Å². The number of methoxy groups -OCH3 is 1. The molecule has 0 fully saturated rings. The molecule has 4 nitrogen and oxygen atoms in total. The molecular weight excluding hydrogens is 218 g/mol. The molecule has 0 aromatic heterocycles. The highest BCUT2D eigenvalue weighted by Crippen LogP contribution is 2.30. The molecule has 0 heterocycles. The van der Waals surface area contributed by atoms with Crippen molar-refractivity contribution >= 4 is 5.69 Å². The number of ether oxygens (including phenoxy) is 2. The third kappa shape index (κ3) is 4.15. The second kappa shape index (κ2) is 7.01. The smallest absolute Gasteiger partial charge is 0.163 e. The molecule has 0 spiro atoms. The first-order valence-electron chi connectivity index (χ1n) is 5.89. The summed E-state index contributed by atoms with van der Waals surface area (Å²) in [5.41, 5.74) is 0.994. The maximum atomic E-state index is 8.76. The van der Waals surface area contributed by atoms with Gasteiger partial charge in [-0.3, -0.25) is 0 Å². The summed E-state index contributed by atoms with van der Waals surface area (Å²) in [6.07, 6.45) is 1.05. The molecule has 0 saturated carbocycles. The average molecular weight is 239 g/mol. The molecule has 2 N–H and O–H groups in total. The molecule has 1 atom stereocenters. The van der Waals surface area contributed by atoms with E-state index in [9.17, 15) is 0 Å². The van der Waals surface area contributed by atoms with Gasteiger partial charge in [0.15, 0.2) is 11.5 Å². The van der Waals surface area contributed by atoms with Crippen molar-refractivity contribution in [1.82, 2.24) is 0 Å². The third-order valence-corrected chi connectivity index (χ3v) is 2.54. The minimum atomic E-state index is -0.00776. The minimum Gasteiger partial charge on any atom is -0.493 e. The number of aliphatic hydroxyl groups excluding tert-OH is 1. The van der Waals surface area contributed by atoms with E-state index in [0.29, 0.717) is 17.5 Å². The maximum absolute atomic E-state index is 8.76. The Labute approximate surface area is 103 Å². The van der Waals surface area contributed by atoms with Crippen LogP contribution in [0.25, 0.3) is 0 Å². The van der Waals surface area contributed by atoms with Gasteiger partial charge in [-0.05, 0) is 25.5 Å². The fourth-order valence-corrected chi connectivity index (χ4v) is 1.42. The summed E-state index contributed by atoms with van der Waals surface area (Å²) in [7, 11) is 1.60. The lowest BCUT2D eigenvalue weighted by Crippen LogP contribution is -2.13. The summed E-state index contributed by atoms with van der Waals surface area (Å²) >= 11 is 0. The van der Waals surface area contributed by atoms with Crippen molar-refractivity contribution in [1.29, 1.82) is 0 Å². The number of aliphatic hydroxyl groups is 1. The molecule has 0 radical (unpaired) electrons. The Hall–Kier alpha value is -1.42. The summed E-state index contributed by atoms with van der Waals surface area (Å²) in [6.45, 7) is 4.51. The molecule has 1 unspecified atom stereocenters. The summed E-state index contributed by atoms with van der Waals surface area (Å²) in [5.74, 6) is 1.32. The molecular formula is C13H21NO3. The lowest BCUT2D eigenvalue weighted by atomic mass is 10.2. The van der Waals surface area contributed by atoms with Crippen LogP contribution in [0.5, 0.6) is 11.5 Å². The first-order valence-corrected chi connectivity index (χ1v) is 5.89. The van der Waals surface area contributed by atoms with Crippen LogP contribution in [-0.4, -0.2) is 31.5 Å². The van der Waals surface area contributed by atoms with Crippen LogP contribution in [0.4, 0.5) is 5.69 Å². The van der Waals surface area contributed by atoms with Gasteiger partial charge in [-0.25, -0.2) is 0 Å². The highest BCUT2D eigenvalue weighted by Gasteiger charge is 2.07. The van der Waals surface area contributed by atoms with Gasteiger partial charge < -0.3 is 19.9 Å². The Balaban J connectivity index is 2.80. The second-order valence-corrected chi connectivity index (χ2v) is 3.89. The van der Waals surface area contributed by atoms with E-state index < -0.39 is 0 Å². The standard InChI is InChI=1S/C13H21NO3/c1-4-10(2)14-11-5-6-12(16-3)13(9-11)17-8-7-15/h5-6,9-10,14-15H,4,7-8H2,1-3H3. The largest absolute Gasteiger partial charge is 0.493 e. The number of hydrogen-bond donors (Lipinski definition) is 2. The van der Waals surface area contributed by atoms with Gasteiger partial charge >= 0.3 is 0 Å². The van der Waals surface area contributed by atoms with Crippen molar-refractivity contribution in [3.8, 4) is 11.5 Å². The van der Waals surface area contributed by atoms with Crippen LogP contribution in [0, 0.1) is 0 Å². The quantitative estimate of drug-likeness (QED) is 0.766. The van der Waals surface area contributed by atoms with Crippen LogP contribution in [0.1, 0.15) is 20.3 Å². The molecule has 1 rings (SSSR count). The normalized spacial score (nSPS) is 12.0. The monoisotopic (exact) mass is 239 g/mol. The van der Waals surface area contributed by atoms with Crippen LogP contribution in [0.3, 0.4) is 0 Å².